The number of hydrogen-bond acceptors (Lipinski definition) is 3. The molecule has 0 aliphatic rings. The van der Waals surface area contributed by atoms with Gasteiger partial charge in [0.25, 0.3) is 0 Å². The zero-order valence-electron chi connectivity index (χ0n) is 12.1. The third-order valence-corrected chi connectivity index (χ3v) is 2.78. The van der Waals surface area contributed by atoms with E-state index in [0.717, 1.165) is 10.9 Å². The number of aromatic amines is 1. The van der Waals surface area contributed by atoms with E-state index in [9.17, 15) is 4.79 Å². The van der Waals surface area contributed by atoms with Gasteiger partial charge in [0.1, 0.15) is 11.2 Å². The fourth-order valence-electron chi connectivity index (χ4n) is 1.69. The summed E-state index contributed by atoms with van der Waals surface area (Å²) in [6, 6.07) is 1.71. The largest absolute Gasteiger partial charge is 0.444 e. The lowest BCUT2D eigenvalue weighted by Gasteiger charge is -2.18. The summed E-state index contributed by atoms with van der Waals surface area (Å²) in [6.45, 7) is 5.61. The molecular formula is C15H16ClN3O2. The fourth-order valence-corrected chi connectivity index (χ4v) is 1.93. The van der Waals surface area contributed by atoms with Gasteiger partial charge in [-0.15, -0.1) is 0 Å². The lowest BCUT2D eigenvalue weighted by atomic mass is 10.2. The molecule has 0 unspecified atom stereocenters. The predicted octanol–water partition coefficient (Wildman–Crippen LogP) is 3.09. The van der Waals surface area contributed by atoms with E-state index in [2.05, 4.69) is 27.1 Å². The van der Waals surface area contributed by atoms with Gasteiger partial charge in [0.05, 0.1) is 22.5 Å². The van der Waals surface area contributed by atoms with Crippen molar-refractivity contribution in [1.82, 2.24) is 15.3 Å². The van der Waals surface area contributed by atoms with Crippen LogP contribution in [0, 0.1) is 11.8 Å². The van der Waals surface area contributed by atoms with Crippen LogP contribution in [0.1, 0.15) is 26.3 Å². The maximum Gasteiger partial charge on any atom is 0.408 e. The molecule has 0 aliphatic heterocycles. The maximum atomic E-state index is 11.4. The molecule has 110 valence electrons. The highest BCUT2D eigenvalue weighted by molar-refractivity contribution is 6.35. The SMILES string of the molecule is CC(C)(C)OC(=O)NCC#Cc1c[nH]c2nccc(Cl)c12. The van der Waals surface area contributed by atoms with Gasteiger partial charge in [0.15, 0.2) is 0 Å². The Morgan fingerprint density at radius 1 is 1.52 bits per heavy atom. The van der Waals surface area contributed by atoms with Crippen LogP contribution in [0.15, 0.2) is 18.5 Å². The minimum absolute atomic E-state index is 0.194. The number of carbonyl (C=O) groups excluding carboxylic acids is 1. The van der Waals surface area contributed by atoms with Crippen LogP contribution in [-0.4, -0.2) is 28.2 Å². The molecule has 2 heterocycles. The van der Waals surface area contributed by atoms with Crippen LogP contribution in [0.25, 0.3) is 11.0 Å². The average molecular weight is 306 g/mol. The number of nitrogens with zero attached hydrogens (tertiary/aromatic N) is 1. The molecule has 2 N–H and O–H groups in total. The number of fused-ring (bicyclic) bond motifs is 1. The Bertz CT molecular complexity index is 720. The van der Waals surface area contributed by atoms with Crippen molar-refractivity contribution in [3.63, 3.8) is 0 Å². The summed E-state index contributed by atoms with van der Waals surface area (Å²) in [5, 5.41) is 3.94. The Hall–Kier alpha value is -2.19. The minimum Gasteiger partial charge on any atom is -0.444 e. The smallest absolute Gasteiger partial charge is 0.408 e. The maximum absolute atomic E-state index is 11.4. The molecular weight excluding hydrogens is 290 g/mol. The molecule has 6 heteroatoms. The number of aromatic nitrogens is 2. The Morgan fingerprint density at radius 3 is 3.00 bits per heavy atom. The van der Waals surface area contributed by atoms with E-state index in [0.29, 0.717) is 10.7 Å². The monoisotopic (exact) mass is 305 g/mol. The topological polar surface area (TPSA) is 67.0 Å². The van der Waals surface area contributed by atoms with Crippen molar-refractivity contribution in [2.75, 3.05) is 6.54 Å². The summed E-state index contributed by atoms with van der Waals surface area (Å²) in [5.74, 6) is 5.81. The third kappa shape index (κ3) is 4.14. The molecule has 0 fully saturated rings. The number of halogens is 1. The van der Waals surface area contributed by atoms with Crippen LogP contribution in [0.5, 0.6) is 0 Å². The van der Waals surface area contributed by atoms with E-state index in [-0.39, 0.29) is 6.54 Å². The summed E-state index contributed by atoms with van der Waals surface area (Å²) in [6.07, 6.45) is 2.88. The van der Waals surface area contributed by atoms with Gasteiger partial charge >= 0.3 is 6.09 Å². The second-order valence-electron chi connectivity index (χ2n) is 5.38. The molecule has 0 saturated carbocycles. The zero-order chi connectivity index (χ0) is 15.5. The highest BCUT2D eigenvalue weighted by Crippen LogP contribution is 2.23. The second kappa shape index (κ2) is 6.06. The summed E-state index contributed by atoms with van der Waals surface area (Å²) >= 11 is 6.12. The molecule has 0 bridgehead atoms. The summed E-state index contributed by atoms with van der Waals surface area (Å²) in [4.78, 5) is 18.6. The number of hydrogen-bond donors (Lipinski definition) is 2. The lowest BCUT2D eigenvalue weighted by Crippen LogP contribution is -2.32. The molecule has 2 aromatic rings. The molecule has 0 aromatic carbocycles. The third-order valence-electron chi connectivity index (χ3n) is 2.47. The van der Waals surface area contributed by atoms with Crippen molar-refractivity contribution >= 4 is 28.7 Å². The average Bonchev–Trinajstić information content (AvgIpc) is 2.77. The number of ether oxygens (including phenoxy) is 1. The van der Waals surface area contributed by atoms with Crippen LogP contribution >= 0.6 is 11.6 Å². The van der Waals surface area contributed by atoms with Crippen LogP contribution in [0.2, 0.25) is 5.02 Å². The number of nitrogens with one attached hydrogen (secondary N) is 2. The number of amides is 1. The Balaban J connectivity index is 2.01. The van der Waals surface area contributed by atoms with Crippen LogP contribution < -0.4 is 5.32 Å². The van der Waals surface area contributed by atoms with Crippen LogP contribution in [-0.2, 0) is 4.74 Å². The molecule has 0 saturated heterocycles. The first-order valence-corrected chi connectivity index (χ1v) is 6.82. The molecule has 0 aliphatic carbocycles. The van der Waals surface area contributed by atoms with Crippen molar-refractivity contribution in [2.24, 2.45) is 0 Å². The van der Waals surface area contributed by atoms with E-state index < -0.39 is 11.7 Å². The summed E-state index contributed by atoms with van der Waals surface area (Å²) in [5.41, 5.74) is 0.911. The van der Waals surface area contributed by atoms with Gasteiger partial charge in [-0.1, -0.05) is 23.4 Å². The number of rotatable bonds is 1. The molecule has 1 amide bonds. The number of alkyl carbamates (subject to hydrolysis) is 1. The number of H-pyrrole nitrogens is 1. The van der Waals surface area contributed by atoms with Crippen molar-refractivity contribution < 1.29 is 9.53 Å². The minimum atomic E-state index is -0.520. The van der Waals surface area contributed by atoms with E-state index in [1.165, 1.54) is 0 Å². The summed E-state index contributed by atoms with van der Waals surface area (Å²) < 4.78 is 5.11. The van der Waals surface area contributed by atoms with Gasteiger partial charge in [-0.25, -0.2) is 9.78 Å². The number of carbonyl (C=O) groups is 1. The number of pyridine rings is 1. The predicted molar refractivity (Wildman–Crippen MR) is 82.2 cm³/mol. The van der Waals surface area contributed by atoms with E-state index >= 15 is 0 Å². The standard InChI is InChI=1S/C15H16ClN3O2/c1-15(2,3)21-14(20)18-7-4-5-10-9-19-13-12(10)11(16)6-8-17-13/h6,8-9H,7H2,1-3H3,(H,17,19)(H,18,20). The second-order valence-corrected chi connectivity index (χ2v) is 5.78. The Labute approximate surface area is 128 Å². The van der Waals surface area contributed by atoms with Gasteiger partial charge in [-0.05, 0) is 26.8 Å². The quantitative estimate of drug-likeness (QED) is 0.796. The molecule has 0 spiro atoms. The highest BCUT2D eigenvalue weighted by atomic mass is 35.5. The fraction of sp³-hybridized carbons (Fsp3) is 0.333. The Morgan fingerprint density at radius 2 is 2.29 bits per heavy atom. The van der Waals surface area contributed by atoms with Crippen LogP contribution in [0.4, 0.5) is 4.79 Å². The first kappa shape index (κ1) is 15.2. The van der Waals surface area contributed by atoms with Gasteiger partial charge in [-0.2, -0.15) is 0 Å². The molecule has 0 radical (unpaired) electrons. The summed E-state index contributed by atoms with van der Waals surface area (Å²) in [7, 11) is 0. The van der Waals surface area contributed by atoms with Gasteiger partial charge in [0.2, 0.25) is 0 Å². The lowest BCUT2D eigenvalue weighted by molar-refractivity contribution is 0.0535. The molecule has 2 rings (SSSR count). The first-order chi connectivity index (χ1) is 9.87. The molecule has 5 nitrogen and oxygen atoms in total. The Kier molecular flexibility index (Phi) is 4.39. The van der Waals surface area contributed by atoms with E-state index in [1.54, 1.807) is 39.2 Å². The van der Waals surface area contributed by atoms with Crippen molar-refractivity contribution in [2.45, 2.75) is 26.4 Å². The van der Waals surface area contributed by atoms with Crippen molar-refractivity contribution in [3.05, 3.63) is 29.0 Å². The normalized spacial score (nSPS) is 10.9. The molecule has 21 heavy (non-hydrogen) atoms. The van der Waals surface area contributed by atoms with Gasteiger partial charge in [-0.3, -0.25) is 0 Å². The van der Waals surface area contributed by atoms with E-state index in [4.69, 9.17) is 16.3 Å². The first-order valence-electron chi connectivity index (χ1n) is 6.44. The van der Waals surface area contributed by atoms with Gasteiger partial charge in [0, 0.05) is 12.4 Å². The van der Waals surface area contributed by atoms with Crippen LogP contribution in [0.3, 0.4) is 0 Å². The van der Waals surface area contributed by atoms with E-state index in [1.807, 2.05) is 0 Å². The highest BCUT2D eigenvalue weighted by Gasteiger charge is 2.15. The van der Waals surface area contributed by atoms with Crippen molar-refractivity contribution in [1.29, 1.82) is 0 Å². The molecule has 0 atom stereocenters. The van der Waals surface area contributed by atoms with Gasteiger partial charge < -0.3 is 15.0 Å². The van der Waals surface area contributed by atoms with Crippen molar-refractivity contribution in [3.8, 4) is 11.8 Å². The zero-order valence-corrected chi connectivity index (χ0v) is 12.8. The molecule has 2 aromatic heterocycles.